The van der Waals surface area contributed by atoms with Gasteiger partial charge in [0.25, 0.3) is 0 Å². The van der Waals surface area contributed by atoms with Crippen molar-refractivity contribution in [2.75, 3.05) is 7.11 Å². The standard InChI is InChI=1S/C17H16N2O2/c1-11-4-7-13(8-5-11)15-16(17(20)21-3)19-10-12(2)6-9-14(19)18-15/h4-10H,1-3H3. The number of aromatic nitrogens is 2. The number of carbonyl (C=O) groups is 1. The molecule has 0 spiro atoms. The van der Waals surface area contributed by atoms with Gasteiger partial charge in [-0.1, -0.05) is 35.9 Å². The predicted octanol–water partition coefficient (Wildman–Crippen LogP) is 3.40. The molecule has 0 aliphatic heterocycles. The number of imidazole rings is 1. The Bertz CT molecular complexity index is 817. The van der Waals surface area contributed by atoms with E-state index < -0.39 is 0 Å². The first-order valence-electron chi connectivity index (χ1n) is 6.74. The molecule has 0 aliphatic rings. The molecular weight excluding hydrogens is 264 g/mol. The third-order valence-corrected chi connectivity index (χ3v) is 3.47. The van der Waals surface area contributed by atoms with E-state index in [0.29, 0.717) is 11.4 Å². The van der Waals surface area contributed by atoms with Crippen molar-refractivity contribution in [2.45, 2.75) is 13.8 Å². The molecule has 0 amide bonds. The molecule has 0 saturated carbocycles. The molecule has 0 bridgehead atoms. The first kappa shape index (κ1) is 13.4. The molecule has 0 atom stereocenters. The highest BCUT2D eigenvalue weighted by atomic mass is 16.5. The zero-order chi connectivity index (χ0) is 15.0. The number of ether oxygens (including phenoxy) is 1. The topological polar surface area (TPSA) is 43.6 Å². The molecule has 2 heterocycles. The minimum absolute atomic E-state index is 0.385. The van der Waals surface area contributed by atoms with E-state index in [1.54, 1.807) is 4.40 Å². The largest absolute Gasteiger partial charge is 0.464 e. The summed E-state index contributed by atoms with van der Waals surface area (Å²) in [7, 11) is 1.39. The number of fused-ring (bicyclic) bond motifs is 1. The van der Waals surface area contributed by atoms with Crippen molar-refractivity contribution in [1.29, 1.82) is 0 Å². The smallest absolute Gasteiger partial charge is 0.357 e. The zero-order valence-corrected chi connectivity index (χ0v) is 12.3. The fourth-order valence-electron chi connectivity index (χ4n) is 2.36. The van der Waals surface area contributed by atoms with E-state index in [4.69, 9.17) is 4.74 Å². The van der Waals surface area contributed by atoms with Crippen LogP contribution in [0.5, 0.6) is 0 Å². The van der Waals surface area contributed by atoms with Crippen LogP contribution in [-0.4, -0.2) is 22.5 Å². The van der Waals surface area contributed by atoms with Crippen molar-refractivity contribution in [2.24, 2.45) is 0 Å². The van der Waals surface area contributed by atoms with Gasteiger partial charge in [-0.05, 0) is 25.5 Å². The van der Waals surface area contributed by atoms with E-state index in [9.17, 15) is 4.79 Å². The highest BCUT2D eigenvalue weighted by Gasteiger charge is 2.21. The second-order valence-corrected chi connectivity index (χ2v) is 5.10. The predicted molar refractivity (Wildman–Crippen MR) is 81.4 cm³/mol. The van der Waals surface area contributed by atoms with Gasteiger partial charge >= 0.3 is 5.97 Å². The molecule has 0 fully saturated rings. The SMILES string of the molecule is COC(=O)c1c(-c2ccc(C)cc2)nc2ccc(C)cn12. The minimum Gasteiger partial charge on any atom is -0.464 e. The maximum Gasteiger partial charge on any atom is 0.357 e. The Morgan fingerprint density at radius 2 is 1.71 bits per heavy atom. The molecule has 3 aromatic rings. The third kappa shape index (κ3) is 2.29. The lowest BCUT2D eigenvalue weighted by Gasteiger charge is -2.04. The van der Waals surface area contributed by atoms with Gasteiger partial charge < -0.3 is 4.74 Å². The second kappa shape index (κ2) is 5.05. The number of carbonyl (C=O) groups excluding carboxylic acids is 1. The Labute approximate surface area is 123 Å². The van der Waals surface area contributed by atoms with Gasteiger partial charge in [-0.15, -0.1) is 0 Å². The van der Waals surface area contributed by atoms with Crippen LogP contribution in [0, 0.1) is 13.8 Å². The van der Waals surface area contributed by atoms with Crippen LogP contribution in [0.2, 0.25) is 0 Å². The van der Waals surface area contributed by atoms with Crippen molar-refractivity contribution >= 4 is 11.6 Å². The lowest BCUT2D eigenvalue weighted by molar-refractivity contribution is 0.0594. The summed E-state index contributed by atoms with van der Waals surface area (Å²) < 4.78 is 6.72. The van der Waals surface area contributed by atoms with Gasteiger partial charge in [0.1, 0.15) is 11.3 Å². The molecule has 4 nitrogen and oxygen atoms in total. The fourth-order valence-corrected chi connectivity index (χ4v) is 2.36. The number of rotatable bonds is 2. The van der Waals surface area contributed by atoms with Crippen molar-refractivity contribution in [3.8, 4) is 11.3 Å². The maximum atomic E-state index is 12.2. The number of pyridine rings is 1. The van der Waals surface area contributed by atoms with E-state index in [1.807, 2.05) is 56.4 Å². The van der Waals surface area contributed by atoms with Crippen molar-refractivity contribution in [3.63, 3.8) is 0 Å². The summed E-state index contributed by atoms with van der Waals surface area (Å²) >= 11 is 0. The van der Waals surface area contributed by atoms with Gasteiger partial charge in [0.2, 0.25) is 0 Å². The molecule has 0 saturated heterocycles. The zero-order valence-electron chi connectivity index (χ0n) is 12.3. The lowest BCUT2D eigenvalue weighted by atomic mass is 10.1. The molecule has 2 aromatic heterocycles. The van der Waals surface area contributed by atoms with Gasteiger partial charge in [0.15, 0.2) is 5.69 Å². The molecule has 21 heavy (non-hydrogen) atoms. The summed E-state index contributed by atoms with van der Waals surface area (Å²) in [5, 5.41) is 0. The van der Waals surface area contributed by atoms with Crippen LogP contribution in [0.1, 0.15) is 21.6 Å². The Balaban J connectivity index is 2.30. The van der Waals surface area contributed by atoms with E-state index in [0.717, 1.165) is 22.3 Å². The summed E-state index contributed by atoms with van der Waals surface area (Å²) in [6.45, 7) is 4.00. The number of hydrogen-bond donors (Lipinski definition) is 0. The third-order valence-electron chi connectivity index (χ3n) is 3.47. The quantitative estimate of drug-likeness (QED) is 0.676. The van der Waals surface area contributed by atoms with Gasteiger partial charge in [-0.2, -0.15) is 0 Å². The Morgan fingerprint density at radius 3 is 2.38 bits per heavy atom. The summed E-state index contributed by atoms with van der Waals surface area (Å²) in [5.41, 5.74) is 4.96. The summed E-state index contributed by atoms with van der Waals surface area (Å²) in [5.74, 6) is -0.385. The number of benzene rings is 1. The highest BCUT2D eigenvalue weighted by molar-refractivity contribution is 5.96. The first-order chi connectivity index (χ1) is 10.1. The number of nitrogens with zero attached hydrogens (tertiary/aromatic N) is 2. The van der Waals surface area contributed by atoms with Crippen molar-refractivity contribution < 1.29 is 9.53 Å². The number of aryl methyl sites for hydroxylation is 2. The van der Waals surface area contributed by atoms with E-state index >= 15 is 0 Å². The molecule has 106 valence electrons. The maximum absolute atomic E-state index is 12.2. The molecular formula is C17H16N2O2. The monoisotopic (exact) mass is 280 g/mol. The molecule has 3 rings (SSSR count). The first-order valence-corrected chi connectivity index (χ1v) is 6.74. The Hall–Kier alpha value is -2.62. The van der Waals surface area contributed by atoms with Crippen LogP contribution in [0.3, 0.4) is 0 Å². The summed E-state index contributed by atoms with van der Waals surface area (Å²) in [6.07, 6.45) is 1.90. The van der Waals surface area contributed by atoms with Gasteiger partial charge in [0, 0.05) is 11.8 Å². The summed E-state index contributed by atoms with van der Waals surface area (Å²) in [4.78, 5) is 16.8. The molecule has 4 heteroatoms. The van der Waals surface area contributed by atoms with Gasteiger partial charge in [-0.3, -0.25) is 4.40 Å². The van der Waals surface area contributed by atoms with Crippen LogP contribution < -0.4 is 0 Å². The normalized spacial score (nSPS) is 10.8. The Kier molecular flexibility index (Phi) is 3.22. The van der Waals surface area contributed by atoms with Crippen LogP contribution >= 0.6 is 0 Å². The number of hydrogen-bond acceptors (Lipinski definition) is 3. The van der Waals surface area contributed by atoms with E-state index in [1.165, 1.54) is 7.11 Å². The van der Waals surface area contributed by atoms with Gasteiger partial charge in [0.05, 0.1) is 7.11 Å². The summed E-state index contributed by atoms with van der Waals surface area (Å²) in [6, 6.07) is 11.8. The molecule has 0 radical (unpaired) electrons. The average molecular weight is 280 g/mol. The molecule has 0 aliphatic carbocycles. The molecule has 0 N–H and O–H groups in total. The van der Waals surface area contributed by atoms with Crippen LogP contribution in [0.25, 0.3) is 16.9 Å². The van der Waals surface area contributed by atoms with E-state index in [2.05, 4.69) is 4.98 Å². The number of methoxy groups -OCH3 is 1. The van der Waals surface area contributed by atoms with Gasteiger partial charge in [-0.25, -0.2) is 9.78 Å². The molecule has 1 aromatic carbocycles. The molecule has 0 unspecified atom stereocenters. The minimum atomic E-state index is -0.385. The van der Waals surface area contributed by atoms with E-state index in [-0.39, 0.29) is 5.97 Å². The highest BCUT2D eigenvalue weighted by Crippen LogP contribution is 2.25. The van der Waals surface area contributed by atoms with Crippen molar-refractivity contribution in [1.82, 2.24) is 9.38 Å². The Morgan fingerprint density at radius 1 is 1.05 bits per heavy atom. The lowest BCUT2D eigenvalue weighted by Crippen LogP contribution is -2.07. The average Bonchev–Trinajstić information content (AvgIpc) is 2.85. The van der Waals surface area contributed by atoms with Crippen molar-refractivity contribution in [3.05, 3.63) is 59.4 Å². The second-order valence-electron chi connectivity index (χ2n) is 5.10. The van der Waals surface area contributed by atoms with Crippen LogP contribution in [-0.2, 0) is 4.74 Å². The fraction of sp³-hybridized carbons (Fsp3) is 0.176. The number of esters is 1. The van der Waals surface area contributed by atoms with Crippen LogP contribution in [0.4, 0.5) is 0 Å². The van der Waals surface area contributed by atoms with Crippen LogP contribution in [0.15, 0.2) is 42.6 Å².